The average Bonchev–Trinajstić information content (AvgIpc) is 2.58. The molecule has 0 aliphatic heterocycles. The minimum absolute atomic E-state index is 0.249. The first-order chi connectivity index (χ1) is 6.60. The monoisotopic (exact) mass is 195 g/mol. The maximum atomic E-state index is 10.3. The van der Waals surface area contributed by atoms with Gasteiger partial charge in [0.1, 0.15) is 5.60 Å². The zero-order chi connectivity index (χ0) is 10.2. The lowest BCUT2D eigenvalue weighted by atomic mass is 9.80. The Balaban J connectivity index is 2.16. The van der Waals surface area contributed by atoms with Crippen molar-refractivity contribution in [2.45, 2.75) is 37.3 Å². The predicted molar refractivity (Wildman–Crippen MR) is 53.5 cm³/mol. The van der Waals surface area contributed by atoms with Crippen LogP contribution in [0.25, 0.3) is 0 Å². The fourth-order valence-electron chi connectivity index (χ4n) is 2.04. The van der Waals surface area contributed by atoms with Crippen LogP contribution in [0.4, 0.5) is 0 Å². The van der Waals surface area contributed by atoms with Crippen molar-refractivity contribution in [1.29, 1.82) is 0 Å². The summed E-state index contributed by atoms with van der Waals surface area (Å²) in [5.41, 5.74) is 5.85. The van der Waals surface area contributed by atoms with E-state index in [4.69, 9.17) is 5.73 Å². The van der Waals surface area contributed by atoms with Gasteiger partial charge in [-0.15, -0.1) is 0 Å². The molecule has 1 fully saturated rings. The van der Waals surface area contributed by atoms with Gasteiger partial charge in [-0.1, -0.05) is 0 Å². The molecule has 4 nitrogen and oxygen atoms in total. The number of rotatable bonds is 1. The molecule has 0 spiro atoms. The first-order valence-electron chi connectivity index (χ1n) is 5.08. The lowest BCUT2D eigenvalue weighted by molar-refractivity contribution is -0.00930. The van der Waals surface area contributed by atoms with Gasteiger partial charge in [0.25, 0.3) is 0 Å². The van der Waals surface area contributed by atoms with E-state index in [1.54, 1.807) is 4.68 Å². The Morgan fingerprint density at radius 2 is 2.21 bits per heavy atom. The van der Waals surface area contributed by atoms with Crippen LogP contribution in [-0.4, -0.2) is 20.9 Å². The van der Waals surface area contributed by atoms with Crippen LogP contribution in [0.3, 0.4) is 0 Å². The number of hydrogen-bond acceptors (Lipinski definition) is 3. The molecule has 1 saturated carbocycles. The highest BCUT2D eigenvalue weighted by atomic mass is 16.3. The van der Waals surface area contributed by atoms with Crippen LogP contribution in [0.1, 0.15) is 31.4 Å². The quantitative estimate of drug-likeness (QED) is 0.686. The van der Waals surface area contributed by atoms with E-state index in [1.165, 1.54) is 0 Å². The molecule has 0 unspecified atom stereocenters. The van der Waals surface area contributed by atoms with Crippen LogP contribution in [0.15, 0.2) is 12.3 Å². The van der Waals surface area contributed by atoms with E-state index in [1.807, 2.05) is 19.3 Å². The fraction of sp³-hybridized carbons (Fsp3) is 0.700. The number of aliphatic hydroxyl groups is 1. The largest absolute Gasteiger partial charge is 0.383 e. The van der Waals surface area contributed by atoms with Crippen LogP contribution >= 0.6 is 0 Å². The van der Waals surface area contributed by atoms with E-state index in [9.17, 15) is 5.11 Å². The predicted octanol–water partition coefficient (Wildman–Crippen LogP) is 0.509. The maximum Gasteiger partial charge on any atom is 0.108 e. The number of hydrogen-bond donors (Lipinski definition) is 2. The minimum Gasteiger partial charge on any atom is -0.383 e. The van der Waals surface area contributed by atoms with Gasteiger partial charge in [-0.2, -0.15) is 5.10 Å². The standard InChI is InChI=1S/C10H17N3O/c1-13-7-4-9(12-13)10(14)5-2-8(11)3-6-10/h4,7-8,14H,2-3,5-6,11H2,1H3. The van der Waals surface area contributed by atoms with Crippen molar-refractivity contribution in [2.75, 3.05) is 0 Å². The van der Waals surface area contributed by atoms with Gasteiger partial charge < -0.3 is 10.8 Å². The average molecular weight is 195 g/mol. The van der Waals surface area contributed by atoms with Crippen molar-refractivity contribution >= 4 is 0 Å². The van der Waals surface area contributed by atoms with Crippen molar-refractivity contribution in [1.82, 2.24) is 9.78 Å². The molecule has 14 heavy (non-hydrogen) atoms. The van der Waals surface area contributed by atoms with Crippen molar-refractivity contribution in [3.8, 4) is 0 Å². The van der Waals surface area contributed by atoms with Gasteiger partial charge in [0.15, 0.2) is 0 Å². The highest BCUT2D eigenvalue weighted by Gasteiger charge is 2.35. The summed E-state index contributed by atoms with van der Waals surface area (Å²) in [4.78, 5) is 0. The highest BCUT2D eigenvalue weighted by Crippen LogP contribution is 2.35. The third-order valence-electron chi connectivity index (χ3n) is 3.05. The van der Waals surface area contributed by atoms with Crippen LogP contribution in [-0.2, 0) is 12.6 Å². The van der Waals surface area contributed by atoms with Gasteiger partial charge >= 0.3 is 0 Å². The van der Waals surface area contributed by atoms with Crippen LogP contribution in [0.2, 0.25) is 0 Å². The van der Waals surface area contributed by atoms with Crippen LogP contribution in [0.5, 0.6) is 0 Å². The summed E-state index contributed by atoms with van der Waals surface area (Å²) in [6, 6.07) is 2.13. The molecule has 0 amide bonds. The Kier molecular flexibility index (Phi) is 2.33. The number of nitrogens with two attached hydrogens (primary N) is 1. The van der Waals surface area contributed by atoms with E-state index in [2.05, 4.69) is 5.10 Å². The number of aryl methyl sites for hydroxylation is 1. The summed E-state index contributed by atoms with van der Waals surface area (Å²) in [5.74, 6) is 0. The third-order valence-corrected chi connectivity index (χ3v) is 3.05. The zero-order valence-corrected chi connectivity index (χ0v) is 8.48. The molecule has 1 aromatic heterocycles. The molecule has 78 valence electrons. The van der Waals surface area contributed by atoms with Crippen LogP contribution < -0.4 is 5.73 Å². The summed E-state index contributed by atoms with van der Waals surface area (Å²) < 4.78 is 1.72. The van der Waals surface area contributed by atoms with Gasteiger partial charge in [0, 0.05) is 19.3 Å². The first-order valence-corrected chi connectivity index (χ1v) is 5.08. The Hall–Kier alpha value is -0.870. The van der Waals surface area contributed by atoms with Crippen LogP contribution in [0, 0.1) is 0 Å². The molecular formula is C10H17N3O. The molecule has 4 heteroatoms. The topological polar surface area (TPSA) is 64.1 Å². The lowest BCUT2D eigenvalue weighted by Crippen LogP contribution is -2.37. The lowest BCUT2D eigenvalue weighted by Gasteiger charge is -2.33. The summed E-state index contributed by atoms with van der Waals surface area (Å²) in [6.45, 7) is 0. The van der Waals surface area contributed by atoms with E-state index < -0.39 is 5.60 Å². The molecule has 0 bridgehead atoms. The zero-order valence-electron chi connectivity index (χ0n) is 8.48. The molecule has 0 atom stereocenters. The van der Waals surface area contributed by atoms with Crippen molar-refractivity contribution in [3.05, 3.63) is 18.0 Å². The number of aromatic nitrogens is 2. The van der Waals surface area contributed by atoms with Gasteiger partial charge in [-0.3, -0.25) is 4.68 Å². The third kappa shape index (κ3) is 1.67. The normalized spacial score (nSPS) is 33.2. The first kappa shape index (κ1) is 9.68. The molecule has 1 heterocycles. The Labute approximate surface area is 83.7 Å². The molecule has 1 aliphatic carbocycles. The van der Waals surface area contributed by atoms with Gasteiger partial charge in [-0.05, 0) is 31.7 Å². The van der Waals surface area contributed by atoms with E-state index >= 15 is 0 Å². The molecule has 2 rings (SSSR count). The minimum atomic E-state index is -0.739. The summed E-state index contributed by atoms with van der Waals surface area (Å²) in [5, 5.41) is 14.6. The Bertz CT molecular complexity index is 313. The van der Waals surface area contributed by atoms with E-state index in [0.717, 1.165) is 31.4 Å². The van der Waals surface area contributed by atoms with Crippen molar-refractivity contribution in [3.63, 3.8) is 0 Å². The molecule has 1 aliphatic rings. The van der Waals surface area contributed by atoms with E-state index in [-0.39, 0.29) is 6.04 Å². The smallest absolute Gasteiger partial charge is 0.108 e. The van der Waals surface area contributed by atoms with Gasteiger partial charge in [0.05, 0.1) is 5.69 Å². The second-order valence-corrected chi connectivity index (χ2v) is 4.24. The highest BCUT2D eigenvalue weighted by molar-refractivity contribution is 5.11. The van der Waals surface area contributed by atoms with Gasteiger partial charge in [-0.25, -0.2) is 0 Å². The second-order valence-electron chi connectivity index (χ2n) is 4.24. The van der Waals surface area contributed by atoms with Gasteiger partial charge in [0.2, 0.25) is 0 Å². The second kappa shape index (κ2) is 3.37. The summed E-state index contributed by atoms with van der Waals surface area (Å²) >= 11 is 0. The van der Waals surface area contributed by atoms with Crippen molar-refractivity contribution in [2.24, 2.45) is 12.8 Å². The molecule has 0 radical (unpaired) electrons. The number of nitrogens with zero attached hydrogens (tertiary/aromatic N) is 2. The molecule has 3 N–H and O–H groups in total. The van der Waals surface area contributed by atoms with E-state index in [0.29, 0.717) is 0 Å². The SMILES string of the molecule is Cn1ccc(C2(O)CCC(N)CC2)n1. The molecule has 0 aromatic carbocycles. The Morgan fingerprint density at radius 1 is 1.57 bits per heavy atom. The summed E-state index contributed by atoms with van der Waals surface area (Å²) in [6.07, 6.45) is 5.08. The molecular weight excluding hydrogens is 178 g/mol. The maximum absolute atomic E-state index is 10.3. The molecule has 1 aromatic rings. The Morgan fingerprint density at radius 3 is 2.71 bits per heavy atom. The fourth-order valence-corrected chi connectivity index (χ4v) is 2.04. The van der Waals surface area contributed by atoms with Crippen molar-refractivity contribution < 1.29 is 5.11 Å². The molecule has 0 saturated heterocycles. The summed E-state index contributed by atoms with van der Waals surface area (Å²) in [7, 11) is 1.86.